The number of fused-ring (bicyclic) bond motifs is 2. The summed E-state index contributed by atoms with van der Waals surface area (Å²) in [7, 11) is -2.87. The number of alkyl halides is 1. The van der Waals surface area contributed by atoms with Gasteiger partial charge in [-0.05, 0) is 29.8 Å². The Morgan fingerprint density at radius 1 is 1.10 bits per heavy atom. The molecule has 2 unspecified atom stereocenters. The number of benzene rings is 2. The third-order valence-corrected chi connectivity index (χ3v) is 8.11. The summed E-state index contributed by atoms with van der Waals surface area (Å²) in [6.07, 6.45) is -1.09. The van der Waals surface area contributed by atoms with Crippen molar-refractivity contribution < 1.29 is 13.5 Å². The molecule has 0 saturated carbocycles. The Morgan fingerprint density at radius 2 is 1.90 bits per heavy atom. The van der Waals surface area contributed by atoms with Crippen LogP contribution in [0.1, 0.15) is 5.56 Å². The molecule has 0 amide bonds. The van der Waals surface area contributed by atoms with Crippen LogP contribution in [0.4, 0.5) is 15.9 Å². The molecular formula is C22H24ClFN4O2S. The number of anilines is 2. The first kappa shape index (κ1) is 20.8. The molecule has 0 radical (unpaired) electrons. The minimum absolute atomic E-state index is 0.218. The van der Waals surface area contributed by atoms with E-state index >= 15 is 0 Å². The zero-order valence-corrected chi connectivity index (χ0v) is 18.4. The Labute approximate surface area is 186 Å². The van der Waals surface area contributed by atoms with E-state index in [1.807, 2.05) is 46.2 Å². The molecular weight excluding hydrogens is 439 g/mol. The van der Waals surface area contributed by atoms with E-state index < -0.39 is 22.8 Å². The van der Waals surface area contributed by atoms with Crippen molar-refractivity contribution in [1.29, 1.82) is 0 Å². The second-order valence-corrected chi connectivity index (χ2v) is 10.8. The predicted octanol–water partition coefficient (Wildman–Crippen LogP) is 4.50. The smallest absolute Gasteiger partial charge is 0.134 e. The van der Waals surface area contributed by atoms with E-state index in [4.69, 9.17) is 22.3 Å². The largest absolute Gasteiger partial charge is 0.366 e. The molecule has 2 aromatic carbocycles. The van der Waals surface area contributed by atoms with Crippen molar-refractivity contribution in [3.8, 4) is 0 Å². The van der Waals surface area contributed by atoms with E-state index in [1.54, 1.807) is 12.1 Å². The topological polar surface area (TPSA) is 85.9 Å². The summed E-state index contributed by atoms with van der Waals surface area (Å²) in [6.45, 7) is 1.57. The second kappa shape index (κ2) is 7.79. The monoisotopic (exact) mass is 462 g/mol. The fourth-order valence-corrected chi connectivity index (χ4v) is 6.07. The zero-order valence-electron chi connectivity index (χ0n) is 16.8. The lowest BCUT2D eigenvalue weighted by Gasteiger charge is -2.32. The van der Waals surface area contributed by atoms with Gasteiger partial charge in [-0.2, -0.15) is 10.6 Å². The van der Waals surface area contributed by atoms with E-state index in [-0.39, 0.29) is 12.3 Å². The fourth-order valence-electron chi connectivity index (χ4n) is 4.36. The summed E-state index contributed by atoms with van der Waals surface area (Å²) < 4.78 is 35.6. The number of pyridine rings is 1. The number of nitrogens with two attached hydrogens (primary N) is 1. The van der Waals surface area contributed by atoms with Crippen molar-refractivity contribution in [2.24, 2.45) is 5.73 Å². The number of aromatic nitrogens is 1. The van der Waals surface area contributed by atoms with Gasteiger partial charge in [-0.25, -0.2) is 9.37 Å². The number of hydrogen-bond acceptors (Lipinski definition) is 6. The molecule has 9 heteroatoms. The van der Waals surface area contributed by atoms with Crippen molar-refractivity contribution in [2.75, 3.05) is 35.2 Å². The first-order valence-electron chi connectivity index (χ1n) is 10.2. The molecule has 2 atom stereocenters. The van der Waals surface area contributed by atoms with Gasteiger partial charge in [0.1, 0.15) is 12.0 Å². The van der Waals surface area contributed by atoms with Crippen LogP contribution in [0.2, 0.25) is 5.02 Å². The highest BCUT2D eigenvalue weighted by atomic mass is 35.5. The summed E-state index contributed by atoms with van der Waals surface area (Å²) in [5.41, 5.74) is 8.39. The maximum atomic E-state index is 14.2. The predicted molar refractivity (Wildman–Crippen MR) is 125 cm³/mol. The van der Waals surface area contributed by atoms with Gasteiger partial charge < -0.3 is 15.5 Å². The summed E-state index contributed by atoms with van der Waals surface area (Å²) in [5, 5.41) is 1.43. The summed E-state index contributed by atoms with van der Waals surface area (Å²) >= 11 is 6.24. The molecule has 3 aromatic rings. The second-order valence-electron chi connectivity index (χ2n) is 8.15. The third kappa shape index (κ3) is 3.83. The van der Waals surface area contributed by atoms with Crippen LogP contribution in [0.3, 0.4) is 0 Å². The molecule has 2 aliphatic rings. The van der Waals surface area contributed by atoms with Gasteiger partial charge in [0, 0.05) is 36.1 Å². The highest BCUT2D eigenvalue weighted by Gasteiger charge is 2.32. The van der Waals surface area contributed by atoms with Crippen LogP contribution in [0.5, 0.6) is 0 Å². The van der Waals surface area contributed by atoms with E-state index in [9.17, 15) is 13.5 Å². The van der Waals surface area contributed by atoms with Crippen LogP contribution in [0.25, 0.3) is 10.9 Å². The quantitative estimate of drug-likeness (QED) is 0.519. The summed E-state index contributed by atoms with van der Waals surface area (Å²) in [5.74, 6) is 0.925. The number of nitrogens with zero attached hydrogens (tertiary/aromatic N) is 3. The summed E-state index contributed by atoms with van der Waals surface area (Å²) in [4.78, 5) is 9.41. The van der Waals surface area contributed by atoms with Crippen LogP contribution in [-0.4, -0.2) is 51.7 Å². The average molecular weight is 463 g/mol. The molecule has 3 heterocycles. The van der Waals surface area contributed by atoms with Crippen LogP contribution in [0, 0.1) is 0 Å². The lowest BCUT2D eigenvalue weighted by atomic mass is 10.1. The van der Waals surface area contributed by atoms with Crippen molar-refractivity contribution >= 4 is 44.6 Å². The maximum Gasteiger partial charge on any atom is 0.134 e. The number of hydrogen-bond donors (Lipinski definition) is 3. The standard InChI is InChI=1S/C22H24ClFN4O2S/c23-15-5-6-19-16(9-15)20(28-12-17(24)18(25)13-28)10-22(26-19)27-7-8-31(29,30)21-4-2-1-3-14(21)11-27/h1-6,9-10,17-18,29-30H,7-8,11-13,25H2. The van der Waals surface area contributed by atoms with Crippen molar-refractivity contribution in [3.63, 3.8) is 0 Å². The lowest BCUT2D eigenvalue weighted by Crippen LogP contribution is -2.30. The highest BCUT2D eigenvalue weighted by molar-refractivity contribution is 8.24. The van der Waals surface area contributed by atoms with Crippen molar-refractivity contribution in [1.82, 2.24) is 4.98 Å². The third-order valence-electron chi connectivity index (χ3n) is 6.02. The van der Waals surface area contributed by atoms with Gasteiger partial charge in [-0.3, -0.25) is 9.11 Å². The Morgan fingerprint density at radius 3 is 2.68 bits per heavy atom. The van der Waals surface area contributed by atoms with Crippen LogP contribution in [0.15, 0.2) is 53.4 Å². The van der Waals surface area contributed by atoms with Gasteiger partial charge >= 0.3 is 0 Å². The van der Waals surface area contributed by atoms with Gasteiger partial charge in [0.25, 0.3) is 0 Å². The molecule has 31 heavy (non-hydrogen) atoms. The van der Waals surface area contributed by atoms with Crippen molar-refractivity contribution in [3.05, 3.63) is 59.1 Å². The molecule has 2 aliphatic heterocycles. The molecule has 1 fully saturated rings. The van der Waals surface area contributed by atoms with E-state index in [2.05, 4.69) is 0 Å². The minimum atomic E-state index is -2.87. The van der Waals surface area contributed by atoms with E-state index in [0.717, 1.165) is 22.2 Å². The molecule has 5 rings (SSSR count). The number of halogens is 2. The lowest BCUT2D eigenvalue weighted by molar-refractivity contribution is 0.333. The van der Waals surface area contributed by atoms with Gasteiger partial charge in [0.2, 0.25) is 0 Å². The first-order valence-corrected chi connectivity index (χ1v) is 12.2. The van der Waals surface area contributed by atoms with Gasteiger partial charge in [0.05, 0.1) is 34.4 Å². The number of rotatable bonds is 2. The normalized spacial score (nSPS) is 24.2. The van der Waals surface area contributed by atoms with Crippen LogP contribution >= 0.6 is 22.2 Å². The maximum absolute atomic E-state index is 14.2. The molecule has 1 aromatic heterocycles. The molecule has 1 saturated heterocycles. The van der Waals surface area contributed by atoms with E-state index in [1.165, 1.54) is 0 Å². The minimum Gasteiger partial charge on any atom is -0.366 e. The molecule has 0 bridgehead atoms. The van der Waals surface area contributed by atoms with E-state index in [0.29, 0.717) is 35.4 Å². The summed E-state index contributed by atoms with van der Waals surface area (Å²) in [6, 6.07) is 14.3. The molecule has 4 N–H and O–H groups in total. The highest BCUT2D eigenvalue weighted by Crippen LogP contribution is 2.51. The van der Waals surface area contributed by atoms with Crippen LogP contribution in [-0.2, 0) is 6.54 Å². The van der Waals surface area contributed by atoms with Gasteiger partial charge in [-0.1, -0.05) is 29.8 Å². The molecule has 0 aliphatic carbocycles. The van der Waals surface area contributed by atoms with Gasteiger partial charge in [-0.15, -0.1) is 0 Å². The average Bonchev–Trinajstić information content (AvgIpc) is 3.01. The zero-order chi connectivity index (χ0) is 21.8. The van der Waals surface area contributed by atoms with Gasteiger partial charge in [0.15, 0.2) is 0 Å². The van der Waals surface area contributed by atoms with Crippen molar-refractivity contribution in [2.45, 2.75) is 23.7 Å². The Balaban J connectivity index is 1.60. The Hall–Kier alpha value is -2.10. The molecule has 6 nitrogen and oxygen atoms in total. The fraction of sp³-hybridized carbons (Fsp3) is 0.318. The Kier molecular flexibility index (Phi) is 5.22. The Bertz CT molecular complexity index is 1140. The first-order chi connectivity index (χ1) is 14.8. The van der Waals surface area contributed by atoms with Crippen LogP contribution < -0.4 is 15.5 Å². The molecule has 164 valence electrons. The SMILES string of the molecule is NC1CN(c2cc(N3CCS(O)(O)c4ccccc4C3)nc3ccc(Cl)cc23)CC1F. The molecule has 0 spiro atoms.